The number of rotatable bonds is 3. The normalized spacial score (nSPS) is 10.1. The molecule has 0 saturated carbocycles. The van der Waals surface area contributed by atoms with Crippen LogP contribution in [-0.4, -0.2) is 23.2 Å². The van der Waals surface area contributed by atoms with Crippen molar-refractivity contribution in [3.05, 3.63) is 47.0 Å². The fraction of sp³-hybridized carbons (Fsp3) is 0.0714. The number of amides is 1. The molecule has 2 rings (SSSR count). The summed E-state index contributed by atoms with van der Waals surface area (Å²) in [6, 6.07) is 8.67. The highest BCUT2D eigenvalue weighted by atomic mass is 35.5. The van der Waals surface area contributed by atoms with Gasteiger partial charge < -0.3 is 20.3 Å². The largest absolute Gasteiger partial charge is 0.507 e. The smallest absolute Gasteiger partial charge is 0.259 e. The van der Waals surface area contributed by atoms with E-state index in [-0.39, 0.29) is 22.1 Å². The molecule has 2 aromatic rings. The van der Waals surface area contributed by atoms with E-state index in [0.29, 0.717) is 11.4 Å². The Morgan fingerprint density at radius 2 is 1.90 bits per heavy atom. The molecule has 0 fully saturated rings. The number of benzene rings is 2. The van der Waals surface area contributed by atoms with E-state index in [1.165, 1.54) is 31.4 Å². The lowest BCUT2D eigenvalue weighted by atomic mass is 10.1. The highest BCUT2D eigenvalue weighted by Crippen LogP contribution is 2.28. The Balaban J connectivity index is 2.21. The fourth-order valence-corrected chi connectivity index (χ4v) is 1.74. The van der Waals surface area contributed by atoms with Crippen LogP contribution in [0.5, 0.6) is 17.2 Å². The Morgan fingerprint density at radius 3 is 2.50 bits per heavy atom. The Hall–Kier alpha value is -2.40. The van der Waals surface area contributed by atoms with Crippen molar-refractivity contribution >= 4 is 23.2 Å². The minimum atomic E-state index is -0.508. The van der Waals surface area contributed by atoms with E-state index < -0.39 is 5.91 Å². The molecule has 0 aliphatic rings. The number of carbonyl (C=O) groups is 1. The number of phenols is 2. The van der Waals surface area contributed by atoms with Crippen molar-refractivity contribution in [3.8, 4) is 17.2 Å². The molecule has 5 nitrogen and oxygen atoms in total. The van der Waals surface area contributed by atoms with E-state index >= 15 is 0 Å². The van der Waals surface area contributed by atoms with Gasteiger partial charge in [-0.15, -0.1) is 0 Å². The van der Waals surface area contributed by atoms with Crippen molar-refractivity contribution in [1.29, 1.82) is 0 Å². The average Bonchev–Trinajstić information content (AvgIpc) is 2.42. The monoisotopic (exact) mass is 293 g/mol. The van der Waals surface area contributed by atoms with Crippen LogP contribution in [0.15, 0.2) is 36.4 Å². The fourth-order valence-electron chi connectivity index (χ4n) is 1.62. The minimum Gasteiger partial charge on any atom is -0.507 e. The number of ether oxygens (including phenoxy) is 1. The lowest BCUT2D eigenvalue weighted by molar-refractivity contribution is 0.102. The molecule has 0 aromatic heterocycles. The summed E-state index contributed by atoms with van der Waals surface area (Å²) in [6.45, 7) is 0. The number of carbonyl (C=O) groups excluding carboxylic acids is 1. The van der Waals surface area contributed by atoms with Crippen molar-refractivity contribution in [2.75, 3.05) is 12.4 Å². The van der Waals surface area contributed by atoms with E-state index in [0.717, 1.165) is 0 Å². The molecule has 104 valence electrons. The molecule has 0 saturated heterocycles. The summed E-state index contributed by atoms with van der Waals surface area (Å²) < 4.78 is 4.94. The molecule has 2 aromatic carbocycles. The van der Waals surface area contributed by atoms with Crippen molar-refractivity contribution in [2.24, 2.45) is 0 Å². The van der Waals surface area contributed by atoms with Gasteiger partial charge in [-0.3, -0.25) is 4.79 Å². The molecule has 0 radical (unpaired) electrons. The Morgan fingerprint density at radius 1 is 1.15 bits per heavy atom. The minimum absolute atomic E-state index is 0.0974. The number of aromatic hydroxyl groups is 2. The molecule has 3 N–H and O–H groups in total. The highest BCUT2D eigenvalue weighted by Gasteiger charge is 2.12. The van der Waals surface area contributed by atoms with Crippen molar-refractivity contribution in [2.45, 2.75) is 0 Å². The van der Waals surface area contributed by atoms with Crippen LogP contribution in [0.2, 0.25) is 5.02 Å². The van der Waals surface area contributed by atoms with E-state index in [1.54, 1.807) is 12.1 Å². The van der Waals surface area contributed by atoms with Crippen LogP contribution >= 0.6 is 11.6 Å². The van der Waals surface area contributed by atoms with Crippen LogP contribution < -0.4 is 10.1 Å². The summed E-state index contributed by atoms with van der Waals surface area (Å²) in [5.41, 5.74) is 0.465. The van der Waals surface area contributed by atoms with Gasteiger partial charge in [-0.1, -0.05) is 11.6 Å². The van der Waals surface area contributed by atoms with Crippen LogP contribution in [0.25, 0.3) is 0 Å². The van der Waals surface area contributed by atoms with Gasteiger partial charge in [0.05, 0.1) is 17.7 Å². The first-order valence-corrected chi connectivity index (χ1v) is 6.06. The lowest BCUT2D eigenvalue weighted by Crippen LogP contribution is -2.12. The molecule has 0 atom stereocenters. The molecular weight excluding hydrogens is 282 g/mol. The second kappa shape index (κ2) is 5.71. The van der Waals surface area contributed by atoms with Crippen LogP contribution in [0.1, 0.15) is 10.4 Å². The van der Waals surface area contributed by atoms with Crippen molar-refractivity contribution in [3.63, 3.8) is 0 Å². The number of methoxy groups -OCH3 is 1. The van der Waals surface area contributed by atoms with Crippen molar-refractivity contribution in [1.82, 2.24) is 0 Å². The number of hydrogen-bond donors (Lipinski definition) is 3. The number of hydrogen-bond acceptors (Lipinski definition) is 4. The maximum absolute atomic E-state index is 12.0. The quantitative estimate of drug-likeness (QED) is 0.813. The highest BCUT2D eigenvalue weighted by molar-refractivity contribution is 6.32. The van der Waals surface area contributed by atoms with Gasteiger partial charge in [-0.25, -0.2) is 0 Å². The summed E-state index contributed by atoms with van der Waals surface area (Å²) in [6.07, 6.45) is 0. The Bertz CT molecular complexity index is 658. The summed E-state index contributed by atoms with van der Waals surface area (Å²) in [5.74, 6) is -0.390. The second-order valence-corrected chi connectivity index (χ2v) is 4.41. The predicted octanol–water partition coefficient (Wildman–Crippen LogP) is 3.01. The predicted molar refractivity (Wildman–Crippen MR) is 75.7 cm³/mol. The SMILES string of the molecule is COc1ccc(C(=O)Nc2ccc(Cl)c(O)c2)c(O)c1. The number of halogens is 1. The van der Waals surface area contributed by atoms with Crippen molar-refractivity contribution < 1.29 is 19.7 Å². The third kappa shape index (κ3) is 2.95. The standard InChI is InChI=1S/C14H12ClNO4/c1-20-9-3-4-10(12(17)7-9)14(19)16-8-2-5-11(15)13(18)6-8/h2-7,17-18H,1H3,(H,16,19). The number of phenolic OH excluding ortho intramolecular Hbond substituents is 2. The van der Waals surface area contributed by atoms with Gasteiger partial charge in [-0.05, 0) is 24.3 Å². The van der Waals surface area contributed by atoms with Gasteiger partial charge in [0.1, 0.15) is 17.2 Å². The second-order valence-electron chi connectivity index (χ2n) is 4.00. The summed E-state index contributed by atoms with van der Waals surface area (Å²) in [4.78, 5) is 12.0. The van der Waals surface area contributed by atoms with E-state index in [9.17, 15) is 15.0 Å². The molecule has 0 aliphatic carbocycles. The average molecular weight is 294 g/mol. The van der Waals surface area contributed by atoms with E-state index in [1.807, 2.05) is 0 Å². The molecule has 1 amide bonds. The third-order valence-corrected chi connectivity index (χ3v) is 2.97. The number of nitrogens with one attached hydrogen (secondary N) is 1. The van der Waals surface area contributed by atoms with Crippen LogP contribution in [0, 0.1) is 0 Å². The Kier molecular flexibility index (Phi) is 4.00. The van der Waals surface area contributed by atoms with Crippen LogP contribution in [-0.2, 0) is 0 Å². The van der Waals surface area contributed by atoms with Crippen LogP contribution in [0.4, 0.5) is 5.69 Å². The lowest BCUT2D eigenvalue weighted by Gasteiger charge is -2.09. The van der Waals surface area contributed by atoms with Gasteiger partial charge in [0.2, 0.25) is 0 Å². The topological polar surface area (TPSA) is 78.8 Å². The third-order valence-electron chi connectivity index (χ3n) is 2.65. The summed E-state index contributed by atoms with van der Waals surface area (Å²) in [7, 11) is 1.46. The van der Waals surface area contributed by atoms with Crippen LogP contribution in [0.3, 0.4) is 0 Å². The molecule has 6 heteroatoms. The molecule has 20 heavy (non-hydrogen) atoms. The molecule has 0 bridgehead atoms. The zero-order chi connectivity index (χ0) is 14.7. The summed E-state index contributed by atoms with van der Waals surface area (Å²) >= 11 is 5.68. The van der Waals surface area contributed by atoms with Gasteiger partial charge in [0.15, 0.2) is 0 Å². The summed E-state index contributed by atoms with van der Waals surface area (Å²) in [5, 5.41) is 22.0. The maximum Gasteiger partial charge on any atom is 0.259 e. The molecule has 0 unspecified atom stereocenters. The molecule has 0 heterocycles. The van der Waals surface area contributed by atoms with Gasteiger partial charge in [0, 0.05) is 17.8 Å². The van der Waals surface area contributed by atoms with Gasteiger partial charge in [-0.2, -0.15) is 0 Å². The molecule has 0 spiro atoms. The maximum atomic E-state index is 12.0. The zero-order valence-corrected chi connectivity index (χ0v) is 11.3. The molecular formula is C14H12ClNO4. The van der Waals surface area contributed by atoms with E-state index in [2.05, 4.69) is 5.32 Å². The van der Waals surface area contributed by atoms with Gasteiger partial charge in [0.25, 0.3) is 5.91 Å². The first kappa shape index (κ1) is 14.0. The van der Waals surface area contributed by atoms with E-state index in [4.69, 9.17) is 16.3 Å². The molecule has 0 aliphatic heterocycles. The zero-order valence-electron chi connectivity index (χ0n) is 10.6. The first-order valence-electron chi connectivity index (χ1n) is 5.68. The number of anilines is 1. The Labute approximate surface area is 120 Å². The first-order chi connectivity index (χ1) is 9.51. The van der Waals surface area contributed by atoms with Gasteiger partial charge >= 0.3 is 0 Å².